The van der Waals surface area contributed by atoms with Crippen molar-refractivity contribution in [3.63, 3.8) is 0 Å². The number of ketones is 2. The molecule has 0 amide bonds. The Morgan fingerprint density at radius 1 is 0.703 bits per heavy atom. The van der Waals surface area contributed by atoms with Crippen molar-refractivity contribution in [3.8, 4) is 33.5 Å². The predicted molar refractivity (Wildman–Crippen MR) is 150 cm³/mol. The van der Waals surface area contributed by atoms with E-state index in [9.17, 15) is 9.59 Å². The molecule has 4 rings (SSSR count). The number of rotatable bonds is 12. The number of hydrogen-bond acceptors (Lipinski definition) is 4. The third kappa shape index (κ3) is 6.48. The second kappa shape index (κ2) is 12.4. The smallest absolute Gasteiger partial charge is 0.159 e. The van der Waals surface area contributed by atoms with Gasteiger partial charge in [0.2, 0.25) is 0 Å². The Balaban J connectivity index is 1.71. The molecule has 0 radical (unpaired) electrons. The summed E-state index contributed by atoms with van der Waals surface area (Å²) in [6.07, 6.45) is 9.41. The first-order chi connectivity index (χ1) is 18.0. The van der Waals surface area contributed by atoms with E-state index in [2.05, 4.69) is 29.4 Å². The van der Waals surface area contributed by atoms with E-state index in [1.54, 1.807) is 13.8 Å². The van der Waals surface area contributed by atoms with Crippen LogP contribution in [-0.2, 0) is 6.54 Å². The number of Topliss-reactive ketones (excluding diaryl/α,β-unsaturated/α-hetero) is 2. The molecule has 190 valence electrons. The van der Waals surface area contributed by atoms with E-state index in [4.69, 9.17) is 0 Å². The van der Waals surface area contributed by atoms with E-state index in [-0.39, 0.29) is 11.6 Å². The van der Waals surface area contributed by atoms with Crippen molar-refractivity contribution in [3.05, 3.63) is 84.1 Å². The lowest BCUT2D eigenvalue weighted by Crippen LogP contribution is -1.98. The van der Waals surface area contributed by atoms with Gasteiger partial charge in [0.1, 0.15) is 5.69 Å². The molecule has 0 saturated heterocycles. The van der Waals surface area contributed by atoms with Gasteiger partial charge in [0.05, 0.1) is 6.20 Å². The normalized spacial score (nSPS) is 11.0. The molecule has 3 aromatic carbocycles. The van der Waals surface area contributed by atoms with Crippen molar-refractivity contribution < 1.29 is 9.59 Å². The Morgan fingerprint density at radius 3 is 1.73 bits per heavy atom. The van der Waals surface area contributed by atoms with Crippen molar-refractivity contribution in [1.29, 1.82) is 0 Å². The monoisotopic (exact) mass is 493 g/mol. The molecule has 0 spiro atoms. The second-order valence-electron chi connectivity index (χ2n) is 9.63. The van der Waals surface area contributed by atoms with E-state index < -0.39 is 0 Å². The fourth-order valence-electron chi connectivity index (χ4n) is 4.65. The van der Waals surface area contributed by atoms with E-state index in [1.165, 1.54) is 32.1 Å². The summed E-state index contributed by atoms with van der Waals surface area (Å²) in [5.41, 5.74) is 7.23. The summed E-state index contributed by atoms with van der Waals surface area (Å²) in [4.78, 5) is 23.6. The van der Waals surface area contributed by atoms with Crippen LogP contribution in [0.2, 0.25) is 0 Å². The molecule has 0 fully saturated rings. The Kier molecular flexibility index (Phi) is 8.78. The number of unbranched alkanes of at least 4 members (excludes halogenated alkanes) is 5. The lowest BCUT2D eigenvalue weighted by atomic mass is 9.89. The highest BCUT2D eigenvalue weighted by molar-refractivity contribution is 5.97. The fourth-order valence-corrected chi connectivity index (χ4v) is 4.65. The number of aromatic nitrogens is 3. The number of hydrogen-bond donors (Lipinski definition) is 0. The van der Waals surface area contributed by atoms with Crippen molar-refractivity contribution >= 4 is 11.6 Å². The van der Waals surface area contributed by atoms with Crippen LogP contribution in [0.1, 0.15) is 80.0 Å². The average molecular weight is 494 g/mol. The summed E-state index contributed by atoms with van der Waals surface area (Å²) in [6.45, 7) is 6.23. The molecular formula is C32H35N3O2. The zero-order valence-corrected chi connectivity index (χ0v) is 22.0. The summed E-state index contributed by atoms with van der Waals surface area (Å²) >= 11 is 0. The Morgan fingerprint density at radius 2 is 1.22 bits per heavy atom. The minimum absolute atomic E-state index is 0.0451. The zero-order valence-electron chi connectivity index (χ0n) is 22.0. The van der Waals surface area contributed by atoms with Gasteiger partial charge < -0.3 is 0 Å². The molecular weight excluding hydrogens is 458 g/mol. The lowest BCUT2D eigenvalue weighted by molar-refractivity contribution is 0.100. The summed E-state index contributed by atoms with van der Waals surface area (Å²) in [5, 5.41) is 9.03. The maximum atomic E-state index is 11.8. The highest BCUT2D eigenvalue weighted by atomic mass is 16.1. The van der Waals surface area contributed by atoms with Crippen molar-refractivity contribution in [2.45, 2.75) is 65.8 Å². The molecule has 0 atom stereocenters. The molecule has 37 heavy (non-hydrogen) atoms. The van der Waals surface area contributed by atoms with Crippen LogP contribution in [0, 0.1) is 0 Å². The first-order valence-electron chi connectivity index (χ1n) is 13.2. The largest absolute Gasteiger partial charge is 0.295 e. The van der Waals surface area contributed by atoms with Crippen molar-refractivity contribution in [2.75, 3.05) is 0 Å². The van der Waals surface area contributed by atoms with Crippen LogP contribution in [-0.4, -0.2) is 26.6 Å². The molecule has 0 aliphatic rings. The van der Waals surface area contributed by atoms with Gasteiger partial charge >= 0.3 is 0 Å². The van der Waals surface area contributed by atoms with Gasteiger partial charge in [-0.2, -0.15) is 0 Å². The maximum Gasteiger partial charge on any atom is 0.159 e. The maximum absolute atomic E-state index is 11.8. The highest BCUT2D eigenvalue weighted by Crippen LogP contribution is 2.39. The zero-order chi connectivity index (χ0) is 26.2. The molecule has 1 heterocycles. The summed E-state index contributed by atoms with van der Waals surface area (Å²) < 4.78 is 1.94. The van der Waals surface area contributed by atoms with Gasteiger partial charge in [0, 0.05) is 23.2 Å². The van der Waals surface area contributed by atoms with Crippen LogP contribution >= 0.6 is 0 Å². The minimum Gasteiger partial charge on any atom is -0.295 e. The number of benzene rings is 3. The van der Waals surface area contributed by atoms with Crippen LogP contribution in [0.15, 0.2) is 72.9 Å². The van der Waals surface area contributed by atoms with E-state index >= 15 is 0 Å². The Labute approximate surface area is 219 Å². The molecule has 0 saturated carbocycles. The average Bonchev–Trinajstić information content (AvgIpc) is 3.39. The van der Waals surface area contributed by atoms with Crippen molar-refractivity contribution in [2.24, 2.45) is 0 Å². The van der Waals surface area contributed by atoms with Crippen LogP contribution in [0.5, 0.6) is 0 Å². The van der Waals surface area contributed by atoms with Gasteiger partial charge in [0.25, 0.3) is 0 Å². The van der Waals surface area contributed by atoms with E-state index in [1.807, 2.05) is 65.5 Å². The van der Waals surface area contributed by atoms with Crippen molar-refractivity contribution in [1.82, 2.24) is 15.0 Å². The van der Waals surface area contributed by atoms with Crippen LogP contribution in [0.3, 0.4) is 0 Å². The summed E-state index contributed by atoms with van der Waals surface area (Å²) in [5.74, 6) is 0.0902. The topological polar surface area (TPSA) is 64.8 Å². The van der Waals surface area contributed by atoms with E-state index in [0.717, 1.165) is 46.5 Å². The molecule has 0 aliphatic heterocycles. The van der Waals surface area contributed by atoms with Crippen LogP contribution in [0.4, 0.5) is 0 Å². The molecule has 5 heteroatoms. The molecule has 4 aromatic rings. The third-order valence-electron chi connectivity index (χ3n) is 6.80. The molecule has 0 unspecified atom stereocenters. The highest BCUT2D eigenvalue weighted by Gasteiger charge is 2.17. The van der Waals surface area contributed by atoms with Gasteiger partial charge in [-0.05, 0) is 42.5 Å². The van der Waals surface area contributed by atoms with E-state index in [0.29, 0.717) is 11.1 Å². The Hall–Kier alpha value is -3.86. The lowest BCUT2D eigenvalue weighted by Gasteiger charge is -2.14. The summed E-state index contributed by atoms with van der Waals surface area (Å²) in [6, 6.07) is 21.6. The number of carbonyl (C=O) groups excluding carboxylic acids is 2. The molecule has 1 aromatic heterocycles. The van der Waals surface area contributed by atoms with Gasteiger partial charge in [-0.25, -0.2) is 0 Å². The van der Waals surface area contributed by atoms with Crippen LogP contribution < -0.4 is 0 Å². The van der Waals surface area contributed by atoms with Gasteiger partial charge in [-0.15, -0.1) is 5.10 Å². The quantitative estimate of drug-likeness (QED) is 0.148. The second-order valence-corrected chi connectivity index (χ2v) is 9.63. The summed E-state index contributed by atoms with van der Waals surface area (Å²) in [7, 11) is 0. The third-order valence-corrected chi connectivity index (χ3v) is 6.80. The standard InChI is InChI=1S/C32H35N3O2/c1-4-5-6-7-8-9-21-35-22-31(33-34-35)32-29(27-17-13-25(14-18-27)23(2)36)11-10-12-30(32)28-19-15-26(16-20-28)24(3)37/h10-20,22H,4-9,21H2,1-3H3. The van der Waals surface area contributed by atoms with Gasteiger partial charge in [-0.3, -0.25) is 14.3 Å². The number of aryl methyl sites for hydroxylation is 1. The first-order valence-corrected chi connectivity index (χ1v) is 13.2. The number of nitrogens with zero attached hydrogens (tertiary/aromatic N) is 3. The first kappa shape index (κ1) is 26.2. The number of carbonyl (C=O) groups is 2. The molecule has 5 nitrogen and oxygen atoms in total. The molecule has 0 N–H and O–H groups in total. The molecule has 0 aliphatic carbocycles. The van der Waals surface area contributed by atoms with Crippen LogP contribution in [0.25, 0.3) is 33.5 Å². The minimum atomic E-state index is 0.0451. The van der Waals surface area contributed by atoms with Gasteiger partial charge in [-0.1, -0.05) is 111 Å². The SMILES string of the molecule is CCCCCCCCn1cc(-c2c(-c3ccc(C(C)=O)cc3)cccc2-c2ccc(C(C)=O)cc2)nn1. The van der Waals surface area contributed by atoms with Gasteiger partial charge in [0.15, 0.2) is 11.6 Å². The Bertz CT molecular complexity index is 1280. The molecule has 0 bridgehead atoms. The fraction of sp³-hybridized carbons (Fsp3) is 0.312. The predicted octanol–water partition coefficient (Wildman–Crippen LogP) is 8.04.